The molecule has 0 aliphatic rings. The van der Waals surface area contributed by atoms with Gasteiger partial charge < -0.3 is 14.5 Å². The minimum absolute atomic E-state index is 0.244. The molecule has 142 valence electrons. The number of rotatable bonds is 8. The second kappa shape index (κ2) is 9.81. The lowest BCUT2D eigenvalue weighted by molar-refractivity contribution is 0.0256. The van der Waals surface area contributed by atoms with Crippen LogP contribution in [0.25, 0.3) is 0 Å². The highest BCUT2D eigenvalue weighted by atomic mass is 16.6. The average molecular weight is 349 g/mol. The second-order valence-electron chi connectivity index (χ2n) is 8.54. The highest BCUT2D eigenvalue weighted by Crippen LogP contribution is 2.17. The number of hydrogen-bond acceptors (Lipinski definition) is 3. The third-order valence-electron chi connectivity index (χ3n) is 3.91. The molecule has 0 spiro atoms. The molecule has 1 amide bonds. The van der Waals surface area contributed by atoms with E-state index in [1.54, 1.807) is 4.90 Å². The highest BCUT2D eigenvalue weighted by Gasteiger charge is 2.23. The van der Waals surface area contributed by atoms with E-state index in [4.69, 9.17) is 4.74 Å². The standard InChI is InChI=1S/C21H36N2O2/c1-17(2)13-19(16-23(7)20(24)25-21(3,4)5)15-22(6)14-18-11-9-8-10-12-18/h8-12,17,19H,13-16H2,1-7H3. The SMILES string of the molecule is CC(C)CC(CN(C)Cc1ccccc1)CN(C)C(=O)OC(C)(C)C. The van der Waals surface area contributed by atoms with Crippen molar-refractivity contribution in [1.29, 1.82) is 0 Å². The molecule has 25 heavy (non-hydrogen) atoms. The van der Waals surface area contributed by atoms with Crippen molar-refractivity contribution in [2.24, 2.45) is 11.8 Å². The predicted octanol–water partition coefficient (Wildman–Crippen LogP) is 4.65. The lowest BCUT2D eigenvalue weighted by atomic mass is 9.96. The Morgan fingerprint density at radius 3 is 2.20 bits per heavy atom. The molecule has 0 aliphatic carbocycles. The Labute approximate surface area is 154 Å². The fourth-order valence-corrected chi connectivity index (χ4v) is 3.08. The van der Waals surface area contributed by atoms with Crippen molar-refractivity contribution in [2.45, 2.75) is 53.2 Å². The zero-order valence-corrected chi connectivity index (χ0v) is 17.1. The number of hydrogen-bond donors (Lipinski definition) is 0. The van der Waals surface area contributed by atoms with Crippen molar-refractivity contribution in [1.82, 2.24) is 9.80 Å². The molecule has 0 heterocycles. The maximum Gasteiger partial charge on any atom is 0.410 e. The molecule has 0 saturated heterocycles. The fraction of sp³-hybridized carbons (Fsp3) is 0.667. The van der Waals surface area contributed by atoms with E-state index >= 15 is 0 Å². The largest absolute Gasteiger partial charge is 0.444 e. The van der Waals surface area contributed by atoms with Crippen LogP contribution in [0.1, 0.15) is 46.6 Å². The number of ether oxygens (including phenoxy) is 1. The van der Waals surface area contributed by atoms with Gasteiger partial charge in [-0.1, -0.05) is 44.2 Å². The predicted molar refractivity (Wildman–Crippen MR) is 105 cm³/mol. The molecule has 1 aromatic carbocycles. The van der Waals surface area contributed by atoms with Gasteiger partial charge in [0.1, 0.15) is 5.60 Å². The summed E-state index contributed by atoms with van der Waals surface area (Å²) >= 11 is 0. The summed E-state index contributed by atoms with van der Waals surface area (Å²) in [5, 5.41) is 0. The summed E-state index contributed by atoms with van der Waals surface area (Å²) in [5.74, 6) is 1.02. The van der Waals surface area contributed by atoms with Crippen molar-refractivity contribution >= 4 is 6.09 Å². The number of amides is 1. The Hall–Kier alpha value is -1.55. The molecule has 0 aliphatic heterocycles. The van der Waals surface area contributed by atoms with Gasteiger partial charge in [-0.05, 0) is 51.6 Å². The summed E-state index contributed by atoms with van der Waals surface area (Å²) in [6.07, 6.45) is 0.846. The molecule has 4 nitrogen and oxygen atoms in total. The first kappa shape index (κ1) is 21.5. The van der Waals surface area contributed by atoms with E-state index in [1.807, 2.05) is 33.9 Å². The van der Waals surface area contributed by atoms with Gasteiger partial charge >= 0.3 is 6.09 Å². The Morgan fingerprint density at radius 1 is 1.08 bits per heavy atom. The van der Waals surface area contributed by atoms with Gasteiger partial charge in [0.2, 0.25) is 0 Å². The molecule has 0 radical (unpaired) electrons. The minimum Gasteiger partial charge on any atom is -0.444 e. The molecular formula is C21H36N2O2. The van der Waals surface area contributed by atoms with E-state index in [-0.39, 0.29) is 6.09 Å². The van der Waals surface area contributed by atoms with E-state index in [2.05, 4.69) is 50.1 Å². The van der Waals surface area contributed by atoms with Crippen molar-refractivity contribution < 1.29 is 9.53 Å². The van der Waals surface area contributed by atoms with Crippen molar-refractivity contribution in [3.8, 4) is 0 Å². The summed E-state index contributed by atoms with van der Waals surface area (Å²) in [7, 11) is 3.98. The highest BCUT2D eigenvalue weighted by molar-refractivity contribution is 5.67. The molecule has 0 aromatic heterocycles. The van der Waals surface area contributed by atoms with Gasteiger partial charge in [-0.3, -0.25) is 0 Å². The minimum atomic E-state index is -0.455. The molecule has 0 N–H and O–H groups in total. The maximum atomic E-state index is 12.2. The number of carbonyl (C=O) groups excluding carboxylic acids is 1. The van der Waals surface area contributed by atoms with Crippen LogP contribution in [0.5, 0.6) is 0 Å². The van der Waals surface area contributed by atoms with E-state index in [1.165, 1.54) is 5.56 Å². The summed E-state index contributed by atoms with van der Waals surface area (Å²) < 4.78 is 5.48. The summed E-state index contributed by atoms with van der Waals surface area (Å²) in [4.78, 5) is 16.3. The van der Waals surface area contributed by atoms with Gasteiger partial charge in [0.05, 0.1) is 0 Å². The third-order valence-corrected chi connectivity index (χ3v) is 3.91. The first-order chi connectivity index (χ1) is 11.6. The van der Waals surface area contributed by atoms with Crippen LogP contribution in [0.3, 0.4) is 0 Å². The molecule has 0 saturated carbocycles. The van der Waals surface area contributed by atoms with E-state index in [0.717, 1.165) is 19.5 Å². The zero-order valence-electron chi connectivity index (χ0n) is 17.1. The Kier molecular flexibility index (Phi) is 8.43. The van der Waals surface area contributed by atoms with Crippen LogP contribution < -0.4 is 0 Å². The summed E-state index contributed by atoms with van der Waals surface area (Å²) in [5.41, 5.74) is 0.858. The molecule has 1 unspecified atom stereocenters. The smallest absolute Gasteiger partial charge is 0.410 e. The maximum absolute atomic E-state index is 12.2. The lowest BCUT2D eigenvalue weighted by Gasteiger charge is -2.30. The Bertz CT molecular complexity index is 508. The van der Waals surface area contributed by atoms with Crippen LogP contribution in [0.4, 0.5) is 4.79 Å². The van der Waals surface area contributed by atoms with Crippen LogP contribution in [0.2, 0.25) is 0 Å². The van der Waals surface area contributed by atoms with Gasteiger partial charge in [0, 0.05) is 26.7 Å². The molecule has 1 rings (SSSR count). The monoisotopic (exact) mass is 348 g/mol. The van der Waals surface area contributed by atoms with Crippen molar-refractivity contribution in [3.63, 3.8) is 0 Å². The zero-order chi connectivity index (χ0) is 19.0. The summed E-state index contributed by atoms with van der Waals surface area (Å²) in [6.45, 7) is 12.8. The van der Waals surface area contributed by atoms with Crippen molar-refractivity contribution in [3.05, 3.63) is 35.9 Å². The first-order valence-electron chi connectivity index (χ1n) is 9.23. The quantitative estimate of drug-likeness (QED) is 0.685. The summed E-state index contributed by atoms with van der Waals surface area (Å²) in [6, 6.07) is 10.5. The number of benzene rings is 1. The van der Waals surface area contributed by atoms with E-state index < -0.39 is 5.60 Å². The molecule has 0 fully saturated rings. The van der Waals surface area contributed by atoms with Gasteiger partial charge in [0.25, 0.3) is 0 Å². The Morgan fingerprint density at radius 2 is 1.68 bits per heavy atom. The first-order valence-corrected chi connectivity index (χ1v) is 9.23. The van der Waals surface area contributed by atoms with Crippen LogP contribution in [-0.4, -0.2) is 48.7 Å². The molecule has 0 bridgehead atoms. The average Bonchev–Trinajstić information content (AvgIpc) is 2.45. The number of nitrogens with zero attached hydrogens (tertiary/aromatic N) is 2. The topological polar surface area (TPSA) is 32.8 Å². The number of carbonyl (C=O) groups is 1. The Balaban J connectivity index is 2.62. The molecule has 4 heteroatoms. The molecule has 1 aromatic rings. The van der Waals surface area contributed by atoms with E-state index in [0.29, 0.717) is 18.4 Å². The van der Waals surface area contributed by atoms with Crippen LogP contribution in [0.15, 0.2) is 30.3 Å². The molecule has 1 atom stereocenters. The van der Waals surface area contributed by atoms with Gasteiger partial charge in [-0.15, -0.1) is 0 Å². The van der Waals surface area contributed by atoms with E-state index in [9.17, 15) is 4.79 Å². The fourth-order valence-electron chi connectivity index (χ4n) is 3.08. The lowest BCUT2D eigenvalue weighted by Crippen LogP contribution is -2.40. The van der Waals surface area contributed by atoms with Gasteiger partial charge in [-0.25, -0.2) is 4.79 Å². The third kappa shape index (κ3) is 9.49. The van der Waals surface area contributed by atoms with Crippen LogP contribution in [0, 0.1) is 11.8 Å². The van der Waals surface area contributed by atoms with Crippen molar-refractivity contribution in [2.75, 3.05) is 27.2 Å². The second-order valence-corrected chi connectivity index (χ2v) is 8.54. The van der Waals surface area contributed by atoms with Crippen LogP contribution in [-0.2, 0) is 11.3 Å². The van der Waals surface area contributed by atoms with Gasteiger partial charge in [0.15, 0.2) is 0 Å². The van der Waals surface area contributed by atoms with Crippen LogP contribution >= 0.6 is 0 Å². The normalized spacial score (nSPS) is 13.2. The molecular weight excluding hydrogens is 312 g/mol. The van der Waals surface area contributed by atoms with Gasteiger partial charge in [-0.2, -0.15) is 0 Å².